The third kappa shape index (κ3) is 3.40. The number of rotatable bonds is 2. The zero-order valence-electron chi connectivity index (χ0n) is 9.93. The molecule has 7 nitrogen and oxygen atoms in total. The van der Waals surface area contributed by atoms with E-state index in [1.807, 2.05) is 0 Å². The number of nitrogens with two attached hydrogens (primary N) is 1. The Labute approximate surface area is 114 Å². The molecule has 0 radical (unpaired) electrons. The molecule has 1 aliphatic heterocycles. The molecule has 2 unspecified atom stereocenters. The summed E-state index contributed by atoms with van der Waals surface area (Å²) in [5, 5.41) is 6.61. The fourth-order valence-corrected chi connectivity index (χ4v) is 2.03. The highest BCUT2D eigenvalue weighted by Gasteiger charge is 2.34. The first-order valence-corrected chi connectivity index (χ1v) is 6.05. The maximum Gasteiger partial charge on any atom is 0.412 e. The monoisotopic (exact) mass is 284 g/mol. The first-order chi connectivity index (χ1) is 9.08. The number of halogens is 1. The second-order valence-electron chi connectivity index (χ2n) is 4.01. The molecule has 102 valence electrons. The number of hydrogen-bond donors (Lipinski definition) is 3. The molecule has 0 spiro atoms. The van der Waals surface area contributed by atoms with Crippen molar-refractivity contribution in [2.24, 2.45) is 5.73 Å². The smallest absolute Gasteiger partial charge is 0.375 e. The van der Waals surface area contributed by atoms with Gasteiger partial charge in [-0.1, -0.05) is 11.6 Å². The van der Waals surface area contributed by atoms with Crippen LogP contribution in [0, 0.1) is 0 Å². The largest absolute Gasteiger partial charge is 0.412 e. The van der Waals surface area contributed by atoms with E-state index in [4.69, 9.17) is 17.3 Å². The summed E-state index contributed by atoms with van der Waals surface area (Å²) in [4.78, 5) is 26.6. The minimum atomic E-state index is -1.12. The van der Waals surface area contributed by atoms with Gasteiger partial charge in [-0.05, 0) is 12.1 Å². The van der Waals surface area contributed by atoms with Crippen molar-refractivity contribution in [3.05, 3.63) is 29.0 Å². The second kappa shape index (κ2) is 5.96. The van der Waals surface area contributed by atoms with Gasteiger partial charge in [-0.3, -0.25) is 4.98 Å². The first-order valence-electron chi connectivity index (χ1n) is 5.67. The molecule has 0 saturated carbocycles. The van der Waals surface area contributed by atoms with Crippen LogP contribution in [0.5, 0.6) is 0 Å². The molecule has 1 aromatic heterocycles. The number of esters is 1. The number of nitrogens with one attached hydrogen (secondary N) is 2. The summed E-state index contributed by atoms with van der Waals surface area (Å²) in [5.41, 5.74) is 5.47. The Morgan fingerprint density at radius 3 is 2.74 bits per heavy atom. The van der Waals surface area contributed by atoms with Gasteiger partial charge in [0.25, 0.3) is 0 Å². The van der Waals surface area contributed by atoms with Crippen molar-refractivity contribution < 1.29 is 14.3 Å². The summed E-state index contributed by atoms with van der Waals surface area (Å²) < 4.78 is 4.41. The number of nitrogens with zero attached hydrogens (tertiary/aromatic N) is 1. The maximum atomic E-state index is 11.8. The molecular formula is C11H13ClN4O3. The lowest BCUT2D eigenvalue weighted by Gasteiger charge is -2.31. The molecule has 1 amide bonds. The number of carbonyl (C=O) groups is 2. The first kappa shape index (κ1) is 13.7. The van der Waals surface area contributed by atoms with E-state index < -0.39 is 24.1 Å². The zero-order chi connectivity index (χ0) is 13.8. The molecule has 2 atom stereocenters. The molecule has 19 heavy (non-hydrogen) atoms. The van der Waals surface area contributed by atoms with E-state index in [9.17, 15) is 9.59 Å². The highest BCUT2D eigenvalue weighted by atomic mass is 35.5. The van der Waals surface area contributed by atoms with E-state index in [-0.39, 0.29) is 0 Å². The van der Waals surface area contributed by atoms with Gasteiger partial charge in [0.1, 0.15) is 6.04 Å². The second-order valence-corrected chi connectivity index (χ2v) is 4.44. The van der Waals surface area contributed by atoms with Crippen LogP contribution in [-0.2, 0) is 9.53 Å². The molecule has 2 rings (SSSR count). The average Bonchev–Trinajstić information content (AvgIpc) is 2.39. The van der Waals surface area contributed by atoms with Gasteiger partial charge in [0.15, 0.2) is 0 Å². The fraction of sp³-hybridized carbons (Fsp3) is 0.364. The Kier molecular flexibility index (Phi) is 4.31. The van der Waals surface area contributed by atoms with Crippen molar-refractivity contribution >= 4 is 23.7 Å². The summed E-state index contributed by atoms with van der Waals surface area (Å²) in [5.74, 6) is -0.735. The average molecular weight is 285 g/mol. The molecule has 0 aromatic carbocycles. The number of primary amides is 1. The summed E-state index contributed by atoms with van der Waals surface area (Å²) in [7, 11) is 0. The van der Waals surface area contributed by atoms with Crippen molar-refractivity contribution in [1.29, 1.82) is 0 Å². The number of carbonyl (C=O) groups excluding carboxylic acids is 2. The van der Waals surface area contributed by atoms with E-state index in [1.54, 1.807) is 12.1 Å². The lowest BCUT2D eigenvalue weighted by molar-refractivity contribution is -0.140. The zero-order valence-corrected chi connectivity index (χ0v) is 10.7. The quantitative estimate of drug-likeness (QED) is 0.520. The Morgan fingerprint density at radius 2 is 2.11 bits per heavy atom. The van der Waals surface area contributed by atoms with Crippen LogP contribution in [0.25, 0.3) is 0 Å². The molecule has 1 aromatic rings. The van der Waals surface area contributed by atoms with Gasteiger partial charge >= 0.3 is 12.1 Å². The van der Waals surface area contributed by atoms with Crippen molar-refractivity contribution in [2.45, 2.75) is 12.1 Å². The van der Waals surface area contributed by atoms with Crippen molar-refractivity contribution in [3.63, 3.8) is 0 Å². The molecule has 1 saturated heterocycles. The van der Waals surface area contributed by atoms with E-state index in [1.165, 1.54) is 6.20 Å². The summed E-state index contributed by atoms with van der Waals surface area (Å²) in [6.45, 7) is 1.23. The van der Waals surface area contributed by atoms with Gasteiger partial charge in [-0.25, -0.2) is 9.59 Å². The third-order valence-electron chi connectivity index (χ3n) is 2.71. The van der Waals surface area contributed by atoms with Crippen LogP contribution in [0.15, 0.2) is 18.3 Å². The molecule has 4 N–H and O–H groups in total. The van der Waals surface area contributed by atoms with E-state index in [0.29, 0.717) is 23.8 Å². The summed E-state index contributed by atoms with van der Waals surface area (Å²) >= 11 is 5.77. The van der Waals surface area contributed by atoms with Crippen LogP contribution >= 0.6 is 11.6 Å². The Hall–Kier alpha value is -1.70. The number of hydrogen-bond acceptors (Lipinski definition) is 6. The van der Waals surface area contributed by atoms with Crippen LogP contribution in [0.3, 0.4) is 0 Å². The van der Waals surface area contributed by atoms with Gasteiger partial charge in [0.2, 0.25) is 0 Å². The van der Waals surface area contributed by atoms with Gasteiger partial charge < -0.3 is 21.1 Å². The number of amides is 1. The molecule has 2 heterocycles. The van der Waals surface area contributed by atoms with Crippen molar-refractivity contribution in [2.75, 3.05) is 13.1 Å². The Balaban J connectivity index is 2.18. The molecule has 0 aliphatic carbocycles. The molecule has 0 bridgehead atoms. The fourth-order valence-electron chi connectivity index (χ4n) is 1.92. The molecule has 8 heteroatoms. The number of ether oxygens (including phenoxy) is 1. The van der Waals surface area contributed by atoms with E-state index >= 15 is 0 Å². The predicted molar refractivity (Wildman–Crippen MR) is 67.5 cm³/mol. The number of piperazine rings is 1. The van der Waals surface area contributed by atoms with Crippen LogP contribution < -0.4 is 16.4 Å². The van der Waals surface area contributed by atoms with Gasteiger partial charge in [0.05, 0.1) is 16.8 Å². The molecule has 1 fully saturated rings. The maximum absolute atomic E-state index is 11.8. The topological polar surface area (TPSA) is 106 Å². The van der Waals surface area contributed by atoms with Gasteiger partial charge in [-0.2, -0.15) is 0 Å². The highest BCUT2D eigenvalue weighted by Crippen LogP contribution is 2.19. The van der Waals surface area contributed by atoms with Gasteiger partial charge in [-0.15, -0.1) is 0 Å². The summed E-state index contributed by atoms with van der Waals surface area (Å²) in [6, 6.07) is 2.25. The minimum Gasteiger partial charge on any atom is -0.375 e. The SMILES string of the molecule is NC(=O)OC(=O)C1NCCNC1c1ccc(Cl)cn1. The lowest BCUT2D eigenvalue weighted by atomic mass is 10.0. The summed E-state index contributed by atoms with van der Waals surface area (Å²) in [6.07, 6.45) is 0.365. The third-order valence-corrected chi connectivity index (χ3v) is 2.93. The number of pyridine rings is 1. The van der Waals surface area contributed by atoms with E-state index in [2.05, 4.69) is 20.4 Å². The van der Waals surface area contributed by atoms with Crippen molar-refractivity contribution in [1.82, 2.24) is 15.6 Å². The Bertz CT molecular complexity index is 479. The lowest BCUT2D eigenvalue weighted by Crippen LogP contribution is -2.55. The molecular weight excluding hydrogens is 272 g/mol. The van der Waals surface area contributed by atoms with Crippen LogP contribution in [-0.4, -0.2) is 36.2 Å². The highest BCUT2D eigenvalue weighted by molar-refractivity contribution is 6.30. The molecule has 1 aliphatic rings. The van der Waals surface area contributed by atoms with Gasteiger partial charge in [0, 0.05) is 19.3 Å². The van der Waals surface area contributed by atoms with Crippen LogP contribution in [0.2, 0.25) is 5.02 Å². The predicted octanol–water partition coefficient (Wildman–Crippen LogP) is -0.0406. The number of aromatic nitrogens is 1. The Morgan fingerprint density at radius 1 is 1.37 bits per heavy atom. The van der Waals surface area contributed by atoms with Crippen molar-refractivity contribution in [3.8, 4) is 0 Å². The van der Waals surface area contributed by atoms with Crippen LogP contribution in [0.4, 0.5) is 4.79 Å². The normalized spacial score (nSPS) is 22.8. The standard InChI is InChI=1S/C11H13ClN4O3/c12-6-1-2-7(16-5-6)8-9(15-4-3-14-8)10(17)19-11(13)18/h1-2,5,8-9,14-15H,3-4H2,(H2,13,18). The van der Waals surface area contributed by atoms with Crippen LogP contribution in [0.1, 0.15) is 11.7 Å². The minimum absolute atomic E-state index is 0.405. The van der Waals surface area contributed by atoms with E-state index in [0.717, 1.165) is 0 Å².